The van der Waals surface area contributed by atoms with E-state index in [1.165, 1.54) is 0 Å². The van der Waals surface area contributed by atoms with Gasteiger partial charge < -0.3 is 15.4 Å². The van der Waals surface area contributed by atoms with Gasteiger partial charge in [0.2, 0.25) is 0 Å². The van der Waals surface area contributed by atoms with Gasteiger partial charge in [0.05, 0.1) is 6.61 Å². The normalized spacial score (nSPS) is 10.2. The number of rotatable bonds is 6. The van der Waals surface area contributed by atoms with Crippen LogP contribution in [0.1, 0.15) is 27.2 Å². The van der Waals surface area contributed by atoms with Crippen molar-refractivity contribution in [3.8, 4) is 0 Å². The molecule has 0 saturated heterocycles. The van der Waals surface area contributed by atoms with E-state index in [2.05, 4.69) is 31.4 Å². The van der Waals surface area contributed by atoms with Gasteiger partial charge in [0.1, 0.15) is 0 Å². The minimum absolute atomic E-state index is 0.386. The molecule has 0 heterocycles. The van der Waals surface area contributed by atoms with Crippen LogP contribution in [0.25, 0.3) is 0 Å². The molecule has 78 valence electrons. The lowest BCUT2D eigenvalue weighted by molar-refractivity contribution is 0.139. The third-order valence-corrected chi connectivity index (χ3v) is 1.56. The summed E-state index contributed by atoms with van der Waals surface area (Å²) in [6.45, 7) is 8.53. The molecule has 0 spiro atoms. The Morgan fingerprint density at radius 3 is 2.62 bits per heavy atom. The fraction of sp³-hybridized carbons (Fsp3) is 0.889. The van der Waals surface area contributed by atoms with E-state index in [1.54, 1.807) is 0 Å². The van der Waals surface area contributed by atoms with E-state index < -0.39 is 0 Å². The molecular weight excluding hydrogens is 184 g/mol. The standard InChI is InChI=1S/C9H20N2OS/c1-4-6-12-7-5-10-9(13)11-8(2)3/h8H,4-7H2,1-3H3,(H2,10,11,13). The fourth-order valence-electron chi connectivity index (χ4n) is 0.796. The minimum atomic E-state index is 0.386. The molecule has 0 aliphatic rings. The molecule has 0 aliphatic heterocycles. The van der Waals surface area contributed by atoms with Crippen LogP contribution < -0.4 is 10.6 Å². The smallest absolute Gasteiger partial charge is 0.166 e. The fourth-order valence-corrected chi connectivity index (χ4v) is 1.13. The van der Waals surface area contributed by atoms with E-state index in [0.717, 1.165) is 19.6 Å². The van der Waals surface area contributed by atoms with Crippen molar-refractivity contribution < 1.29 is 4.74 Å². The molecule has 3 nitrogen and oxygen atoms in total. The maximum atomic E-state index is 5.29. The maximum absolute atomic E-state index is 5.29. The van der Waals surface area contributed by atoms with Crippen LogP contribution in [0.4, 0.5) is 0 Å². The number of thiocarbonyl (C=S) groups is 1. The molecule has 0 aromatic carbocycles. The maximum Gasteiger partial charge on any atom is 0.166 e. The summed E-state index contributed by atoms with van der Waals surface area (Å²) in [6.07, 6.45) is 1.06. The van der Waals surface area contributed by atoms with Gasteiger partial charge in [-0.1, -0.05) is 6.92 Å². The number of hydrogen-bond acceptors (Lipinski definition) is 2. The van der Waals surface area contributed by atoms with Crippen molar-refractivity contribution in [2.24, 2.45) is 0 Å². The van der Waals surface area contributed by atoms with Gasteiger partial charge >= 0.3 is 0 Å². The summed E-state index contributed by atoms with van der Waals surface area (Å²) in [7, 11) is 0. The molecule has 4 heteroatoms. The van der Waals surface area contributed by atoms with Gasteiger partial charge in [-0.3, -0.25) is 0 Å². The first-order valence-corrected chi connectivity index (χ1v) is 5.19. The van der Waals surface area contributed by atoms with Crippen LogP contribution in [0.5, 0.6) is 0 Å². The average molecular weight is 204 g/mol. The molecule has 0 fully saturated rings. The molecule has 2 N–H and O–H groups in total. The van der Waals surface area contributed by atoms with Crippen LogP contribution in [0, 0.1) is 0 Å². The lowest BCUT2D eigenvalue weighted by Gasteiger charge is -2.12. The summed E-state index contributed by atoms with van der Waals surface area (Å²) in [6, 6.07) is 0.386. The zero-order valence-electron chi connectivity index (χ0n) is 8.72. The predicted octanol–water partition coefficient (Wildman–Crippen LogP) is 1.29. The highest BCUT2D eigenvalue weighted by molar-refractivity contribution is 7.80. The van der Waals surface area contributed by atoms with E-state index in [4.69, 9.17) is 17.0 Å². The summed E-state index contributed by atoms with van der Waals surface area (Å²) >= 11 is 5.03. The second kappa shape index (κ2) is 8.26. The Bertz CT molecular complexity index is 140. The summed E-state index contributed by atoms with van der Waals surface area (Å²) < 4.78 is 5.29. The van der Waals surface area contributed by atoms with E-state index >= 15 is 0 Å². The third kappa shape index (κ3) is 9.56. The lowest BCUT2D eigenvalue weighted by Crippen LogP contribution is -2.40. The molecule has 0 amide bonds. The highest BCUT2D eigenvalue weighted by Crippen LogP contribution is 1.80. The molecule has 0 aromatic heterocycles. The van der Waals surface area contributed by atoms with Crippen LogP contribution in [-0.4, -0.2) is 30.9 Å². The first kappa shape index (κ1) is 12.7. The second-order valence-corrected chi connectivity index (χ2v) is 3.58. The Morgan fingerprint density at radius 1 is 1.38 bits per heavy atom. The van der Waals surface area contributed by atoms with Crippen LogP contribution in [-0.2, 0) is 4.74 Å². The number of nitrogens with one attached hydrogen (secondary N) is 2. The van der Waals surface area contributed by atoms with E-state index in [-0.39, 0.29) is 0 Å². The first-order valence-electron chi connectivity index (χ1n) is 4.79. The Labute approximate surface area is 86.2 Å². The first-order chi connectivity index (χ1) is 6.16. The molecule has 13 heavy (non-hydrogen) atoms. The van der Waals surface area contributed by atoms with Crippen LogP contribution in [0.3, 0.4) is 0 Å². The minimum Gasteiger partial charge on any atom is -0.380 e. The molecule has 0 rings (SSSR count). The monoisotopic (exact) mass is 204 g/mol. The molecule has 0 atom stereocenters. The van der Waals surface area contributed by atoms with Gasteiger partial charge in [-0.25, -0.2) is 0 Å². The quantitative estimate of drug-likeness (QED) is 0.504. The van der Waals surface area contributed by atoms with Gasteiger partial charge in [-0.05, 0) is 32.5 Å². The van der Waals surface area contributed by atoms with Crippen LogP contribution in [0.2, 0.25) is 0 Å². The highest BCUT2D eigenvalue weighted by Gasteiger charge is 1.96. The largest absolute Gasteiger partial charge is 0.380 e. The summed E-state index contributed by atoms with van der Waals surface area (Å²) in [4.78, 5) is 0. The Balaban J connectivity index is 3.17. The Kier molecular flexibility index (Phi) is 8.04. The number of ether oxygens (including phenoxy) is 1. The highest BCUT2D eigenvalue weighted by atomic mass is 32.1. The summed E-state index contributed by atoms with van der Waals surface area (Å²) in [5.74, 6) is 0. The molecule has 0 unspecified atom stereocenters. The van der Waals surface area contributed by atoms with Gasteiger partial charge in [0, 0.05) is 19.2 Å². The zero-order chi connectivity index (χ0) is 10.1. The molecule has 0 aromatic rings. The Hall–Kier alpha value is -0.350. The van der Waals surface area contributed by atoms with Crippen molar-refractivity contribution in [3.05, 3.63) is 0 Å². The predicted molar refractivity (Wildman–Crippen MR) is 60.0 cm³/mol. The van der Waals surface area contributed by atoms with Crippen LogP contribution >= 0.6 is 12.2 Å². The van der Waals surface area contributed by atoms with E-state index in [1.807, 2.05) is 0 Å². The van der Waals surface area contributed by atoms with Crippen molar-refractivity contribution in [3.63, 3.8) is 0 Å². The second-order valence-electron chi connectivity index (χ2n) is 3.17. The lowest BCUT2D eigenvalue weighted by atomic mass is 10.4. The van der Waals surface area contributed by atoms with Crippen LogP contribution in [0.15, 0.2) is 0 Å². The number of hydrogen-bond donors (Lipinski definition) is 2. The molecule has 0 radical (unpaired) electrons. The SMILES string of the molecule is CCCOCCNC(=S)NC(C)C. The van der Waals surface area contributed by atoms with Crippen molar-refractivity contribution in [2.75, 3.05) is 19.8 Å². The van der Waals surface area contributed by atoms with Gasteiger partial charge in [-0.2, -0.15) is 0 Å². The molecular formula is C9H20N2OS. The molecule has 0 aliphatic carbocycles. The van der Waals surface area contributed by atoms with Crippen molar-refractivity contribution in [2.45, 2.75) is 33.2 Å². The van der Waals surface area contributed by atoms with Crippen molar-refractivity contribution in [1.82, 2.24) is 10.6 Å². The summed E-state index contributed by atoms with van der Waals surface area (Å²) in [5.41, 5.74) is 0. The third-order valence-electron chi connectivity index (χ3n) is 1.30. The van der Waals surface area contributed by atoms with E-state index in [0.29, 0.717) is 17.8 Å². The topological polar surface area (TPSA) is 33.3 Å². The van der Waals surface area contributed by atoms with Crippen molar-refractivity contribution in [1.29, 1.82) is 0 Å². The Morgan fingerprint density at radius 2 is 2.08 bits per heavy atom. The van der Waals surface area contributed by atoms with Crippen molar-refractivity contribution >= 4 is 17.3 Å². The molecule has 0 bridgehead atoms. The van der Waals surface area contributed by atoms with Gasteiger partial charge in [-0.15, -0.1) is 0 Å². The summed E-state index contributed by atoms with van der Waals surface area (Å²) in [5, 5.41) is 6.87. The van der Waals surface area contributed by atoms with Gasteiger partial charge in [0.15, 0.2) is 5.11 Å². The van der Waals surface area contributed by atoms with Gasteiger partial charge in [0.25, 0.3) is 0 Å². The van der Waals surface area contributed by atoms with E-state index in [9.17, 15) is 0 Å². The zero-order valence-corrected chi connectivity index (χ0v) is 9.54. The molecule has 0 saturated carbocycles. The average Bonchev–Trinajstić information content (AvgIpc) is 2.02.